The van der Waals surface area contributed by atoms with Gasteiger partial charge in [0.15, 0.2) is 0 Å². The van der Waals surface area contributed by atoms with Crippen molar-refractivity contribution in [2.24, 2.45) is 5.92 Å². The Morgan fingerprint density at radius 1 is 1.53 bits per heavy atom. The van der Waals surface area contributed by atoms with Crippen LogP contribution in [0.1, 0.15) is 40.6 Å². The second-order valence-corrected chi connectivity index (χ2v) is 6.00. The summed E-state index contributed by atoms with van der Waals surface area (Å²) < 4.78 is 1.88. The standard InChI is InChI=1S/C12H15N5OS/c1-7(9-3-4-9)17-10(5-6-13-17)14-11(18)12-16-15-8(2)19-12/h5-7,9H,3-4H2,1-2H3,(H,14,18). The van der Waals surface area contributed by atoms with Crippen LogP contribution in [0.25, 0.3) is 0 Å². The van der Waals surface area contributed by atoms with E-state index < -0.39 is 0 Å². The van der Waals surface area contributed by atoms with Crippen LogP contribution in [0.5, 0.6) is 0 Å². The molecule has 1 amide bonds. The largest absolute Gasteiger partial charge is 0.305 e. The first-order valence-electron chi connectivity index (χ1n) is 6.30. The lowest BCUT2D eigenvalue weighted by Gasteiger charge is -2.14. The zero-order valence-corrected chi connectivity index (χ0v) is 11.6. The topological polar surface area (TPSA) is 72.7 Å². The Labute approximate surface area is 114 Å². The zero-order valence-electron chi connectivity index (χ0n) is 10.8. The van der Waals surface area contributed by atoms with Gasteiger partial charge < -0.3 is 5.32 Å². The third-order valence-corrected chi connectivity index (χ3v) is 4.16. The predicted molar refractivity (Wildman–Crippen MR) is 72.3 cm³/mol. The third-order valence-electron chi connectivity index (χ3n) is 3.32. The predicted octanol–water partition coefficient (Wildman–Crippen LogP) is 2.27. The van der Waals surface area contributed by atoms with Crippen molar-refractivity contribution in [1.29, 1.82) is 0 Å². The molecule has 2 aromatic rings. The summed E-state index contributed by atoms with van der Waals surface area (Å²) in [5.41, 5.74) is 0. The molecule has 100 valence electrons. The highest BCUT2D eigenvalue weighted by atomic mass is 32.1. The number of nitrogens with one attached hydrogen (secondary N) is 1. The number of carbonyl (C=O) groups excluding carboxylic acids is 1. The molecule has 2 heterocycles. The molecule has 0 spiro atoms. The van der Waals surface area contributed by atoms with E-state index in [4.69, 9.17) is 0 Å². The van der Waals surface area contributed by atoms with Crippen molar-refractivity contribution in [3.8, 4) is 0 Å². The number of carbonyl (C=O) groups is 1. The van der Waals surface area contributed by atoms with Gasteiger partial charge in [-0.15, -0.1) is 10.2 Å². The van der Waals surface area contributed by atoms with E-state index in [0.29, 0.717) is 17.0 Å². The molecule has 0 saturated heterocycles. The van der Waals surface area contributed by atoms with Crippen LogP contribution < -0.4 is 5.32 Å². The molecule has 0 aliphatic heterocycles. The summed E-state index contributed by atoms with van der Waals surface area (Å²) in [4.78, 5) is 12.0. The lowest BCUT2D eigenvalue weighted by Crippen LogP contribution is -2.18. The summed E-state index contributed by atoms with van der Waals surface area (Å²) in [6.07, 6.45) is 4.19. The molecule has 1 saturated carbocycles. The fraction of sp³-hybridized carbons (Fsp3) is 0.500. The average Bonchev–Trinajstić information content (AvgIpc) is 2.99. The molecule has 0 aromatic carbocycles. The van der Waals surface area contributed by atoms with E-state index in [1.54, 1.807) is 6.20 Å². The molecule has 3 rings (SSSR count). The highest BCUT2D eigenvalue weighted by Crippen LogP contribution is 2.40. The van der Waals surface area contributed by atoms with Gasteiger partial charge in [0.05, 0.1) is 12.2 Å². The van der Waals surface area contributed by atoms with Crippen LogP contribution >= 0.6 is 11.3 Å². The Morgan fingerprint density at radius 3 is 2.95 bits per heavy atom. The van der Waals surface area contributed by atoms with E-state index in [1.807, 2.05) is 17.7 Å². The Morgan fingerprint density at radius 2 is 2.32 bits per heavy atom. The van der Waals surface area contributed by atoms with Crippen molar-refractivity contribution >= 4 is 23.1 Å². The number of rotatable bonds is 4. The van der Waals surface area contributed by atoms with Crippen molar-refractivity contribution < 1.29 is 4.79 Å². The number of hydrogen-bond acceptors (Lipinski definition) is 5. The summed E-state index contributed by atoms with van der Waals surface area (Å²) in [5.74, 6) is 1.17. The molecule has 0 bridgehead atoms. The number of nitrogens with zero attached hydrogens (tertiary/aromatic N) is 4. The van der Waals surface area contributed by atoms with E-state index in [0.717, 1.165) is 10.8 Å². The molecular formula is C12H15N5OS. The van der Waals surface area contributed by atoms with E-state index in [2.05, 4.69) is 27.5 Å². The first-order chi connectivity index (χ1) is 9.15. The summed E-state index contributed by atoms with van der Waals surface area (Å²) in [6.45, 7) is 3.96. The van der Waals surface area contributed by atoms with Gasteiger partial charge in [0, 0.05) is 6.07 Å². The van der Waals surface area contributed by atoms with Gasteiger partial charge >= 0.3 is 0 Å². The molecule has 7 heteroatoms. The van der Waals surface area contributed by atoms with Crippen molar-refractivity contribution in [2.45, 2.75) is 32.7 Å². The quantitative estimate of drug-likeness (QED) is 0.930. The smallest absolute Gasteiger partial charge is 0.287 e. The second-order valence-electron chi connectivity index (χ2n) is 4.82. The lowest BCUT2D eigenvalue weighted by molar-refractivity contribution is 0.102. The van der Waals surface area contributed by atoms with Crippen molar-refractivity contribution in [2.75, 3.05) is 5.32 Å². The maximum Gasteiger partial charge on any atom is 0.287 e. The molecular weight excluding hydrogens is 262 g/mol. The van der Waals surface area contributed by atoms with Crippen LogP contribution in [0.3, 0.4) is 0 Å². The first-order valence-corrected chi connectivity index (χ1v) is 7.12. The van der Waals surface area contributed by atoms with Crippen molar-refractivity contribution in [1.82, 2.24) is 20.0 Å². The van der Waals surface area contributed by atoms with Gasteiger partial charge in [-0.3, -0.25) is 4.79 Å². The highest BCUT2D eigenvalue weighted by molar-refractivity contribution is 7.13. The van der Waals surface area contributed by atoms with Crippen molar-refractivity contribution in [3.63, 3.8) is 0 Å². The van der Waals surface area contributed by atoms with Crippen LogP contribution in [0, 0.1) is 12.8 Å². The van der Waals surface area contributed by atoms with Gasteiger partial charge in [0.2, 0.25) is 5.01 Å². The molecule has 1 fully saturated rings. The van der Waals surface area contributed by atoms with Crippen LogP contribution in [0.4, 0.5) is 5.82 Å². The minimum Gasteiger partial charge on any atom is -0.305 e. The van der Waals surface area contributed by atoms with Gasteiger partial charge in [0.25, 0.3) is 5.91 Å². The summed E-state index contributed by atoms with van der Waals surface area (Å²) in [7, 11) is 0. The van der Waals surface area contributed by atoms with E-state index >= 15 is 0 Å². The summed E-state index contributed by atoms with van der Waals surface area (Å²) in [5, 5.41) is 16.0. The number of aryl methyl sites for hydroxylation is 1. The number of amides is 1. The van der Waals surface area contributed by atoms with Crippen LogP contribution in [-0.2, 0) is 0 Å². The van der Waals surface area contributed by atoms with Gasteiger partial charge in [-0.25, -0.2) is 4.68 Å². The first kappa shape index (κ1) is 12.3. The van der Waals surface area contributed by atoms with Crippen LogP contribution in [0.2, 0.25) is 0 Å². The van der Waals surface area contributed by atoms with Crippen molar-refractivity contribution in [3.05, 3.63) is 22.3 Å². The molecule has 1 aliphatic rings. The van der Waals surface area contributed by atoms with Gasteiger partial charge in [-0.1, -0.05) is 11.3 Å². The number of hydrogen-bond donors (Lipinski definition) is 1. The lowest BCUT2D eigenvalue weighted by atomic mass is 10.2. The number of anilines is 1. The molecule has 1 unspecified atom stereocenters. The van der Waals surface area contributed by atoms with E-state index in [1.165, 1.54) is 24.2 Å². The van der Waals surface area contributed by atoms with E-state index in [9.17, 15) is 4.79 Å². The van der Waals surface area contributed by atoms with Gasteiger partial charge in [0.1, 0.15) is 10.8 Å². The maximum absolute atomic E-state index is 12.0. The van der Waals surface area contributed by atoms with Gasteiger partial charge in [-0.05, 0) is 32.6 Å². The molecule has 0 radical (unpaired) electrons. The molecule has 1 N–H and O–H groups in total. The van der Waals surface area contributed by atoms with Gasteiger partial charge in [-0.2, -0.15) is 5.10 Å². The maximum atomic E-state index is 12.0. The molecule has 1 aliphatic carbocycles. The third kappa shape index (κ3) is 2.51. The Bertz CT molecular complexity index is 601. The average molecular weight is 277 g/mol. The molecule has 1 atom stereocenters. The minimum absolute atomic E-state index is 0.227. The summed E-state index contributed by atoms with van der Waals surface area (Å²) >= 11 is 1.29. The Hall–Kier alpha value is -1.76. The fourth-order valence-corrected chi connectivity index (χ4v) is 2.66. The summed E-state index contributed by atoms with van der Waals surface area (Å²) in [6, 6.07) is 2.13. The normalized spacial score (nSPS) is 16.3. The number of aromatic nitrogens is 4. The Kier molecular flexibility index (Phi) is 3.06. The molecule has 19 heavy (non-hydrogen) atoms. The monoisotopic (exact) mass is 277 g/mol. The van der Waals surface area contributed by atoms with E-state index in [-0.39, 0.29) is 5.91 Å². The molecule has 6 nitrogen and oxygen atoms in total. The van der Waals surface area contributed by atoms with Crippen LogP contribution in [0.15, 0.2) is 12.3 Å². The SMILES string of the molecule is Cc1nnc(C(=O)Nc2ccnn2C(C)C2CC2)s1. The minimum atomic E-state index is -0.227. The van der Waals surface area contributed by atoms with Crippen LogP contribution in [-0.4, -0.2) is 25.9 Å². The Balaban J connectivity index is 1.76. The fourth-order valence-electron chi connectivity index (χ4n) is 2.07. The second kappa shape index (κ2) is 4.73. The zero-order chi connectivity index (χ0) is 13.4. The molecule has 2 aromatic heterocycles. The highest BCUT2D eigenvalue weighted by Gasteiger charge is 2.30.